The molecule has 136 valence electrons. The second-order valence-corrected chi connectivity index (χ2v) is 9.82. The van der Waals surface area contributed by atoms with E-state index in [1.54, 1.807) is 18.2 Å². The number of aliphatic imine (C=N–C) groups is 1. The van der Waals surface area contributed by atoms with Crippen LogP contribution in [0.2, 0.25) is 5.02 Å². The highest BCUT2D eigenvalue weighted by atomic mass is 35.5. The first-order valence-electron chi connectivity index (χ1n) is 7.96. The predicted molar refractivity (Wildman–Crippen MR) is 102 cm³/mol. The molecule has 3 rings (SSSR count). The molecule has 0 unspecified atom stereocenters. The molecule has 0 spiro atoms. The van der Waals surface area contributed by atoms with Crippen LogP contribution in [0.4, 0.5) is 5.69 Å². The van der Waals surface area contributed by atoms with Crippen LogP contribution < -0.4 is 9.64 Å². The van der Waals surface area contributed by atoms with Gasteiger partial charge in [0, 0.05) is 22.8 Å². The zero-order valence-electron chi connectivity index (χ0n) is 13.9. The Hall–Kier alpha value is -1.25. The minimum Gasteiger partial charge on any atom is -0.495 e. The van der Waals surface area contributed by atoms with Crippen molar-refractivity contribution >= 4 is 50.0 Å². The molecule has 9 heteroatoms. The van der Waals surface area contributed by atoms with Gasteiger partial charge in [0.15, 0.2) is 15.0 Å². The zero-order chi connectivity index (χ0) is 18.2. The van der Waals surface area contributed by atoms with Crippen LogP contribution in [0.15, 0.2) is 23.2 Å². The summed E-state index contributed by atoms with van der Waals surface area (Å²) >= 11 is 7.39. The number of thioether (sulfide) groups is 1. The molecule has 1 amide bonds. The van der Waals surface area contributed by atoms with Crippen molar-refractivity contribution in [2.24, 2.45) is 4.99 Å². The second-order valence-electron chi connectivity index (χ2n) is 6.02. The van der Waals surface area contributed by atoms with Gasteiger partial charge in [-0.1, -0.05) is 30.3 Å². The van der Waals surface area contributed by atoms with Gasteiger partial charge < -0.3 is 9.64 Å². The molecule has 0 aliphatic carbocycles. The number of sulfone groups is 1. The molecule has 2 saturated heterocycles. The van der Waals surface area contributed by atoms with Crippen molar-refractivity contribution < 1.29 is 17.9 Å². The Bertz CT molecular complexity index is 825. The Balaban J connectivity index is 2.05. The lowest BCUT2D eigenvalue weighted by Gasteiger charge is -2.26. The molecule has 0 aromatic heterocycles. The fourth-order valence-corrected chi connectivity index (χ4v) is 7.16. The lowest BCUT2D eigenvalue weighted by Crippen LogP contribution is -2.38. The SMILES string of the molecule is CCCC(=O)N=C1S[C@H]2CS(=O)(=O)C[C@@H]2N1c1ccc(Cl)cc1OC. The number of halogens is 1. The van der Waals surface area contributed by atoms with Gasteiger partial charge in [-0.05, 0) is 18.6 Å². The van der Waals surface area contributed by atoms with Crippen molar-refractivity contribution in [1.29, 1.82) is 0 Å². The molecule has 2 aliphatic heterocycles. The van der Waals surface area contributed by atoms with E-state index >= 15 is 0 Å². The van der Waals surface area contributed by atoms with Gasteiger partial charge in [-0.25, -0.2) is 8.42 Å². The average Bonchev–Trinajstić information content (AvgIpc) is 2.98. The lowest BCUT2D eigenvalue weighted by molar-refractivity contribution is -0.117. The number of fused-ring (bicyclic) bond motifs is 1. The Labute approximate surface area is 156 Å². The number of anilines is 1. The molecule has 0 bridgehead atoms. The highest BCUT2D eigenvalue weighted by Gasteiger charge is 2.50. The number of carbonyl (C=O) groups is 1. The van der Waals surface area contributed by atoms with Gasteiger partial charge in [0.25, 0.3) is 0 Å². The maximum Gasteiger partial charge on any atom is 0.248 e. The summed E-state index contributed by atoms with van der Waals surface area (Å²) in [6, 6.07) is 4.89. The van der Waals surface area contributed by atoms with Crippen LogP contribution in [-0.2, 0) is 14.6 Å². The van der Waals surface area contributed by atoms with E-state index in [0.717, 1.165) is 0 Å². The monoisotopic (exact) mass is 402 g/mol. The fraction of sp³-hybridized carbons (Fsp3) is 0.500. The van der Waals surface area contributed by atoms with Crippen molar-refractivity contribution in [2.75, 3.05) is 23.5 Å². The standard InChI is InChI=1S/C16H19ClN2O4S2/c1-3-4-15(20)18-16-19(11-6-5-10(17)7-13(11)23-2)12-8-25(21,22)9-14(12)24-16/h5-7,12,14H,3-4,8-9H2,1-2H3/t12-,14-/m0/s1. The first kappa shape index (κ1) is 18.5. The highest BCUT2D eigenvalue weighted by Crippen LogP contribution is 2.44. The summed E-state index contributed by atoms with van der Waals surface area (Å²) in [6.07, 6.45) is 1.08. The maximum atomic E-state index is 12.1. The van der Waals surface area contributed by atoms with E-state index in [0.29, 0.717) is 34.5 Å². The largest absolute Gasteiger partial charge is 0.495 e. The molecule has 6 nitrogen and oxygen atoms in total. The second kappa shape index (κ2) is 7.17. The predicted octanol–water partition coefficient (Wildman–Crippen LogP) is 2.75. The third kappa shape index (κ3) is 3.80. The Morgan fingerprint density at radius 3 is 2.88 bits per heavy atom. The first-order chi connectivity index (χ1) is 11.8. The number of methoxy groups -OCH3 is 1. The molecule has 0 N–H and O–H groups in total. The molecule has 2 fully saturated rings. The number of amides is 1. The summed E-state index contributed by atoms with van der Waals surface area (Å²) in [5.41, 5.74) is 0.673. The van der Waals surface area contributed by atoms with E-state index in [4.69, 9.17) is 16.3 Å². The van der Waals surface area contributed by atoms with Gasteiger partial charge in [-0.15, -0.1) is 0 Å². The van der Waals surface area contributed by atoms with Gasteiger partial charge in [-0.2, -0.15) is 4.99 Å². The van der Waals surface area contributed by atoms with Crippen LogP contribution in [0.1, 0.15) is 19.8 Å². The van der Waals surface area contributed by atoms with E-state index in [9.17, 15) is 13.2 Å². The van der Waals surface area contributed by atoms with E-state index in [2.05, 4.69) is 4.99 Å². The van der Waals surface area contributed by atoms with Crippen molar-refractivity contribution in [3.05, 3.63) is 23.2 Å². The summed E-state index contributed by atoms with van der Waals surface area (Å²) in [4.78, 5) is 18.1. The van der Waals surface area contributed by atoms with E-state index in [1.165, 1.54) is 18.9 Å². The van der Waals surface area contributed by atoms with Gasteiger partial charge in [0.05, 0.1) is 30.3 Å². The smallest absolute Gasteiger partial charge is 0.248 e. The van der Waals surface area contributed by atoms with Crippen molar-refractivity contribution in [2.45, 2.75) is 31.1 Å². The number of hydrogen-bond acceptors (Lipinski definition) is 5. The van der Waals surface area contributed by atoms with Gasteiger partial charge in [0.1, 0.15) is 5.75 Å². The third-order valence-corrected chi connectivity index (χ3v) is 7.60. The normalized spacial score (nSPS) is 26.0. The van der Waals surface area contributed by atoms with E-state index < -0.39 is 9.84 Å². The maximum absolute atomic E-state index is 12.1. The van der Waals surface area contributed by atoms with Gasteiger partial charge in [0.2, 0.25) is 5.91 Å². The van der Waals surface area contributed by atoms with Crippen LogP contribution in [0.5, 0.6) is 5.75 Å². The molecule has 0 saturated carbocycles. The third-order valence-electron chi connectivity index (χ3n) is 4.15. The van der Waals surface area contributed by atoms with Crippen molar-refractivity contribution in [3.8, 4) is 5.75 Å². The molecule has 2 heterocycles. The van der Waals surface area contributed by atoms with Crippen molar-refractivity contribution in [1.82, 2.24) is 0 Å². The molecule has 25 heavy (non-hydrogen) atoms. The Morgan fingerprint density at radius 1 is 1.44 bits per heavy atom. The first-order valence-corrected chi connectivity index (χ1v) is 11.0. The number of carbonyl (C=O) groups excluding carboxylic acids is 1. The lowest BCUT2D eigenvalue weighted by atomic mass is 10.2. The van der Waals surface area contributed by atoms with Crippen molar-refractivity contribution in [3.63, 3.8) is 0 Å². The number of ether oxygens (including phenoxy) is 1. The zero-order valence-corrected chi connectivity index (χ0v) is 16.3. The summed E-state index contributed by atoms with van der Waals surface area (Å²) < 4.78 is 29.5. The molecular weight excluding hydrogens is 384 g/mol. The number of amidine groups is 1. The van der Waals surface area contributed by atoms with E-state index in [1.807, 2.05) is 11.8 Å². The van der Waals surface area contributed by atoms with Crippen LogP contribution in [0, 0.1) is 0 Å². The average molecular weight is 403 g/mol. The van der Waals surface area contributed by atoms with Crippen LogP contribution in [-0.4, -0.2) is 49.4 Å². The van der Waals surface area contributed by atoms with Crippen LogP contribution in [0.3, 0.4) is 0 Å². The molecular formula is C16H19ClN2O4S2. The Kier molecular flexibility index (Phi) is 5.31. The summed E-state index contributed by atoms with van der Waals surface area (Å²) in [5, 5.41) is 0.908. The van der Waals surface area contributed by atoms with E-state index in [-0.39, 0.29) is 28.7 Å². The van der Waals surface area contributed by atoms with Crippen LogP contribution >= 0.6 is 23.4 Å². The number of hydrogen-bond donors (Lipinski definition) is 0. The number of nitrogens with zero attached hydrogens (tertiary/aromatic N) is 2. The van der Waals surface area contributed by atoms with Gasteiger partial charge in [-0.3, -0.25) is 4.79 Å². The van der Waals surface area contributed by atoms with Crippen LogP contribution in [0.25, 0.3) is 0 Å². The number of benzene rings is 1. The topological polar surface area (TPSA) is 76.0 Å². The summed E-state index contributed by atoms with van der Waals surface area (Å²) in [5.74, 6) is 0.451. The quantitative estimate of drug-likeness (QED) is 0.770. The minimum atomic E-state index is -3.11. The van der Waals surface area contributed by atoms with Gasteiger partial charge >= 0.3 is 0 Å². The summed E-state index contributed by atoms with van der Waals surface area (Å²) in [7, 11) is -1.58. The highest BCUT2D eigenvalue weighted by molar-refractivity contribution is 8.16. The molecule has 1 aromatic rings. The molecule has 1 aromatic carbocycles. The Morgan fingerprint density at radius 2 is 2.20 bits per heavy atom. The molecule has 2 atom stereocenters. The molecule has 0 radical (unpaired) electrons. The molecule has 2 aliphatic rings. The summed E-state index contributed by atoms with van der Waals surface area (Å²) in [6.45, 7) is 1.92. The number of rotatable bonds is 4. The minimum absolute atomic E-state index is 0.0391. The fourth-order valence-electron chi connectivity index (χ4n) is 3.07.